The van der Waals surface area contributed by atoms with E-state index in [2.05, 4.69) is 29.0 Å². The highest BCUT2D eigenvalue weighted by molar-refractivity contribution is 4.80. The second-order valence-corrected chi connectivity index (χ2v) is 6.85. The van der Waals surface area contributed by atoms with E-state index in [1.807, 2.05) is 0 Å². The van der Waals surface area contributed by atoms with E-state index < -0.39 is 0 Å². The summed E-state index contributed by atoms with van der Waals surface area (Å²) in [6.45, 7) is 13.8. The summed E-state index contributed by atoms with van der Waals surface area (Å²) in [5, 5.41) is 3.69. The zero-order valence-corrected chi connectivity index (χ0v) is 13.7. The minimum absolute atomic E-state index is 0.691. The van der Waals surface area contributed by atoms with E-state index in [0.717, 1.165) is 5.92 Å². The number of nitrogens with one attached hydrogen (secondary N) is 1. The Labute approximate surface area is 126 Å². The molecule has 2 fully saturated rings. The lowest BCUT2D eigenvalue weighted by Gasteiger charge is -2.36. The molecule has 2 rings (SSSR count). The fourth-order valence-corrected chi connectivity index (χ4v) is 3.77. The summed E-state index contributed by atoms with van der Waals surface area (Å²) in [4.78, 5) is 5.36. The van der Waals surface area contributed by atoms with Gasteiger partial charge in [-0.1, -0.05) is 6.92 Å². The monoisotopic (exact) mass is 281 g/mol. The number of rotatable bonds is 8. The second kappa shape index (κ2) is 9.01. The molecule has 0 amide bonds. The van der Waals surface area contributed by atoms with Gasteiger partial charge in [0.1, 0.15) is 0 Å². The van der Waals surface area contributed by atoms with Crippen LogP contribution in [0.1, 0.15) is 52.4 Å². The SMILES string of the molecule is CCCNC(C)C1CCCN(CCCN2CCCC2)C1. The molecule has 2 aliphatic rings. The molecule has 2 saturated heterocycles. The van der Waals surface area contributed by atoms with E-state index in [4.69, 9.17) is 0 Å². The highest BCUT2D eigenvalue weighted by atomic mass is 15.2. The van der Waals surface area contributed by atoms with Crippen LogP contribution in [0.5, 0.6) is 0 Å². The minimum Gasteiger partial charge on any atom is -0.314 e. The Balaban J connectivity index is 1.62. The van der Waals surface area contributed by atoms with Crippen molar-refractivity contribution in [2.45, 2.75) is 58.4 Å². The maximum atomic E-state index is 3.69. The highest BCUT2D eigenvalue weighted by Gasteiger charge is 2.24. The Morgan fingerprint density at radius 1 is 1.05 bits per heavy atom. The van der Waals surface area contributed by atoms with Gasteiger partial charge in [0.05, 0.1) is 0 Å². The van der Waals surface area contributed by atoms with Crippen molar-refractivity contribution in [2.75, 3.05) is 45.8 Å². The first kappa shape index (κ1) is 16.3. The van der Waals surface area contributed by atoms with Gasteiger partial charge in [0.2, 0.25) is 0 Å². The van der Waals surface area contributed by atoms with Crippen LogP contribution in [-0.4, -0.2) is 61.7 Å². The molecule has 2 unspecified atom stereocenters. The normalized spacial score (nSPS) is 27.0. The molecule has 0 radical (unpaired) electrons. The number of piperidine rings is 1. The van der Waals surface area contributed by atoms with Gasteiger partial charge in [-0.25, -0.2) is 0 Å². The van der Waals surface area contributed by atoms with Gasteiger partial charge in [0.15, 0.2) is 0 Å². The van der Waals surface area contributed by atoms with E-state index in [1.165, 1.54) is 84.3 Å². The van der Waals surface area contributed by atoms with Crippen LogP contribution in [0, 0.1) is 5.92 Å². The van der Waals surface area contributed by atoms with Gasteiger partial charge in [-0.05, 0) is 90.6 Å². The van der Waals surface area contributed by atoms with Crippen molar-refractivity contribution in [3.63, 3.8) is 0 Å². The third kappa shape index (κ3) is 5.34. The lowest BCUT2D eigenvalue weighted by Crippen LogP contribution is -2.45. The summed E-state index contributed by atoms with van der Waals surface area (Å²) in [6, 6.07) is 0.691. The van der Waals surface area contributed by atoms with Crippen molar-refractivity contribution in [2.24, 2.45) is 5.92 Å². The van der Waals surface area contributed by atoms with E-state index in [0.29, 0.717) is 6.04 Å². The maximum absolute atomic E-state index is 3.69. The molecule has 1 N–H and O–H groups in total. The van der Waals surface area contributed by atoms with Crippen LogP contribution in [0.15, 0.2) is 0 Å². The average Bonchev–Trinajstić information content (AvgIpc) is 2.98. The standard InChI is InChI=1S/C17H35N3/c1-3-9-18-16(2)17-8-6-12-20(15-17)14-7-13-19-10-4-5-11-19/h16-18H,3-15H2,1-2H3. The molecule has 2 aliphatic heterocycles. The molecule has 20 heavy (non-hydrogen) atoms. The van der Waals surface area contributed by atoms with Crippen LogP contribution < -0.4 is 5.32 Å². The summed E-state index contributed by atoms with van der Waals surface area (Å²) in [7, 11) is 0. The Morgan fingerprint density at radius 3 is 2.50 bits per heavy atom. The fourth-order valence-electron chi connectivity index (χ4n) is 3.77. The van der Waals surface area contributed by atoms with Crippen LogP contribution in [0.2, 0.25) is 0 Å². The Hall–Kier alpha value is -0.120. The average molecular weight is 281 g/mol. The first-order chi connectivity index (χ1) is 9.79. The third-order valence-electron chi connectivity index (χ3n) is 5.11. The van der Waals surface area contributed by atoms with E-state index in [-0.39, 0.29) is 0 Å². The Morgan fingerprint density at radius 2 is 1.75 bits per heavy atom. The lowest BCUT2D eigenvalue weighted by atomic mass is 9.91. The van der Waals surface area contributed by atoms with Crippen molar-refractivity contribution in [3.05, 3.63) is 0 Å². The van der Waals surface area contributed by atoms with Gasteiger partial charge in [-0.15, -0.1) is 0 Å². The van der Waals surface area contributed by atoms with E-state index >= 15 is 0 Å². The van der Waals surface area contributed by atoms with Crippen LogP contribution in [0.4, 0.5) is 0 Å². The molecule has 3 nitrogen and oxygen atoms in total. The molecule has 0 aromatic rings. The first-order valence-corrected chi connectivity index (χ1v) is 8.97. The number of hydrogen-bond acceptors (Lipinski definition) is 3. The van der Waals surface area contributed by atoms with Crippen molar-refractivity contribution in [1.82, 2.24) is 15.1 Å². The fraction of sp³-hybridized carbons (Fsp3) is 1.00. The van der Waals surface area contributed by atoms with Crippen molar-refractivity contribution >= 4 is 0 Å². The molecule has 0 spiro atoms. The number of nitrogens with zero attached hydrogens (tertiary/aromatic N) is 2. The second-order valence-electron chi connectivity index (χ2n) is 6.85. The molecule has 0 aromatic carbocycles. The first-order valence-electron chi connectivity index (χ1n) is 8.97. The summed E-state index contributed by atoms with van der Waals surface area (Å²) >= 11 is 0. The maximum Gasteiger partial charge on any atom is 0.00792 e. The summed E-state index contributed by atoms with van der Waals surface area (Å²) < 4.78 is 0. The Kier molecular flexibility index (Phi) is 7.32. The molecule has 0 aromatic heterocycles. The number of likely N-dealkylation sites (tertiary alicyclic amines) is 2. The topological polar surface area (TPSA) is 18.5 Å². The summed E-state index contributed by atoms with van der Waals surface area (Å²) in [5.74, 6) is 0.863. The molecule has 2 heterocycles. The molecule has 0 aliphatic carbocycles. The van der Waals surface area contributed by atoms with Gasteiger partial charge in [-0.3, -0.25) is 0 Å². The van der Waals surface area contributed by atoms with Crippen LogP contribution in [0.3, 0.4) is 0 Å². The molecule has 0 saturated carbocycles. The van der Waals surface area contributed by atoms with Crippen molar-refractivity contribution in [3.8, 4) is 0 Å². The van der Waals surface area contributed by atoms with Crippen molar-refractivity contribution < 1.29 is 0 Å². The largest absolute Gasteiger partial charge is 0.314 e. The Bertz CT molecular complexity index is 251. The summed E-state index contributed by atoms with van der Waals surface area (Å²) in [6.07, 6.45) is 8.27. The molecule has 118 valence electrons. The highest BCUT2D eigenvalue weighted by Crippen LogP contribution is 2.20. The minimum atomic E-state index is 0.691. The van der Waals surface area contributed by atoms with Gasteiger partial charge in [-0.2, -0.15) is 0 Å². The van der Waals surface area contributed by atoms with Crippen molar-refractivity contribution in [1.29, 1.82) is 0 Å². The predicted octanol–water partition coefficient (Wildman–Crippen LogP) is 2.57. The van der Waals surface area contributed by atoms with Gasteiger partial charge >= 0.3 is 0 Å². The van der Waals surface area contributed by atoms with Crippen LogP contribution in [0.25, 0.3) is 0 Å². The zero-order chi connectivity index (χ0) is 14.2. The third-order valence-corrected chi connectivity index (χ3v) is 5.11. The quantitative estimate of drug-likeness (QED) is 0.738. The van der Waals surface area contributed by atoms with Gasteiger partial charge < -0.3 is 15.1 Å². The van der Waals surface area contributed by atoms with Crippen LogP contribution >= 0.6 is 0 Å². The van der Waals surface area contributed by atoms with E-state index in [9.17, 15) is 0 Å². The molecule has 3 heteroatoms. The molecule has 0 bridgehead atoms. The lowest BCUT2D eigenvalue weighted by molar-refractivity contribution is 0.145. The smallest absolute Gasteiger partial charge is 0.00792 e. The van der Waals surface area contributed by atoms with Gasteiger partial charge in [0.25, 0.3) is 0 Å². The van der Waals surface area contributed by atoms with Crippen LogP contribution in [-0.2, 0) is 0 Å². The zero-order valence-electron chi connectivity index (χ0n) is 13.7. The molecule has 2 atom stereocenters. The predicted molar refractivity (Wildman–Crippen MR) is 87.2 cm³/mol. The van der Waals surface area contributed by atoms with E-state index in [1.54, 1.807) is 0 Å². The molecular weight excluding hydrogens is 246 g/mol. The molecular formula is C17H35N3. The summed E-state index contributed by atoms with van der Waals surface area (Å²) in [5.41, 5.74) is 0. The number of hydrogen-bond donors (Lipinski definition) is 1. The van der Waals surface area contributed by atoms with Gasteiger partial charge in [0, 0.05) is 12.6 Å².